The molecule has 0 unspecified atom stereocenters. The fraction of sp³-hybridized carbons (Fsp3) is 0.364. The third kappa shape index (κ3) is 3.43. The molecular weight excluding hydrogens is 278 g/mol. The van der Waals surface area contributed by atoms with Gasteiger partial charge < -0.3 is 5.73 Å². The normalized spacial score (nSPS) is 11.8. The van der Waals surface area contributed by atoms with Crippen LogP contribution < -0.4 is 5.73 Å². The van der Waals surface area contributed by atoms with E-state index in [-0.39, 0.29) is 24.5 Å². The minimum atomic E-state index is -4.22. The van der Waals surface area contributed by atoms with Crippen LogP contribution in [0.4, 0.5) is 23.2 Å². The van der Waals surface area contributed by atoms with Crippen LogP contribution in [0.5, 0.6) is 0 Å². The Morgan fingerprint density at radius 2 is 2.00 bits per heavy atom. The van der Waals surface area contributed by atoms with E-state index in [0.717, 1.165) is 6.07 Å². The maximum Gasteiger partial charge on any atom is 0.389 e. The lowest BCUT2D eigenvalue weighted by atomic mass is 10.2. The lowest BCUT2D eigenvalue weighted by Gasteiger charge is -2.07. The van der Waals surface area contributed by atoms with Crippen molar-refractivity contribution in [1.82, 2.24) is 20.2 Å². The third-order valence-electron chi connectivity index (χ3n) is 2.62. The van der Waals surface area contributed by atoms with Gasteiger partial charge in [0.25, 0.3) is 0 Å². The predicted octanol–water partition coefficient (Wildman–Crippen LogP) is 2.40. The summed E-state index contributed by atoms with van der Waals surface area (Å²) in [7, 11) is 0. The first-order valence-electron chi connectivity index (χ1n) is 5.75. The van der Waals surface area contributed by atoms with Crippen LogP contribution in [0.1, 0.15) is 12.8 Å². The van der Waals surface area contributed by atoms with Crippen molar-refractivity contribution >= 4 is 5.69 Å². The fourth-order valence-electron chi connectivity index (χ4n) is 1.66. The molecule has 2 rings (SSSR count). The zero-order chi connectivity index (χ0) is 14.8. The van der Waals surface area contributed by atoms with Crippen molar-refractivity contribution in [2.24, 2.45) is 0 Å². The average molecular weight is 289 g/mol. The molecule has 0 saturated carbocycles. The van der Waals surface area contributed by atoms with Gasteiger partial charge in [0.05, 0.1) is 5.69 Å². The molecule has 108 valence electrons. The number of nitrogens with two attached hydrogens (primary N) is 1. The second kappa shape index (κ2) is 5.43. The Balaban J connectivity index is 2.14. The standard InChI is InChI=1S/C11H11F4N5/c12-8-6-7(2-3-9(8)16)10-17-18-19-20(10)5-1-4-11(13,14)15/h2-3,6H,1,4-5,16H2. The second-order valence-corrected chi connectivity index (χ2v) is 4.18. The molecule has 1 heterocycles. The molecule has 5 nitrogen and oxygen atoms in total. The highest BCUT2D eigenvalue weighted by molar-refractivity contribution is 5.58. The van der Waals surface area contributed by atoms with Gasteiger partial charge in [-0.15, -0.1) is 5.10 Å². The number of anilines is 1. The number of alkyl halides is 3. The number of hydrogen-bond acceptors (Lipinski definition) is 4. The molecule has 0 atom stereocenters. The van der Waals surface area contributed by atoms with Gasteiger partial charge in [0.2, 0.25) is 0 Å². The van der Waals surface area contributed by atoms with Crippen LogP contribution in [0.3, 0.4) is 0 Å². The van der Waals surface area contributed by atoms with Crippen LogP contribution in [-0.4, -0.2) is 26.4 Å². The van der Waals surface area contributed by atoms with Crippen molar-refractivity contribution in [1.29, 1.82) is 0 Å². The first-order valence-corrected chi connectivity index (χ1v) is 5.75. The van der Waals surface area contributed by atoms with E-state index in [9.17, 15) is 17.6 Å². The van der Waals surface area contributed by atoms with Crippen LogP contribution >= 0.6 is 0 Å². The van der Waals surface area contributed by atoms with Gasteiger partial charge in [0.15, 0.2) is 5.82 Å². The molecule has 1 aromatic heterocycles. The van der Waals surface area contributed by atoms with Crippen molar-refractivity contribution in [3.05, 3.63) is 24.0 Å². The van der Waals surface area contributed by atoms with Crippen LogP contribution in [0.2, 0.25) is 0 Å². The van der Waals surface area contributed by atoms with Crippen LogP contribution in [-0.2, 0) is 6.54 Å². The van der Waals surface area contributed by atoms with E-state index >= 15 is 0 Å². The first kappa shape index (κ1) is 14.2. The molecule has 0 aliphatic carbocycles. The Hall–Kier alpha value is -2.19. The van der Waals surface area contributed by atoms with Crippen molar-refractivity contribution in [3.8, 4) is 11.4 Å². The summed E-state index contributed by atoms with van der Waals surface area (Å²) in [5.74, 6) is -0.432. The molecule has 0 saturated heterocycles. The number of rotatable bonds is 4. The summed E-state index contributed by atoms with van der Waals surface area (Å²) < 4.78 is 50.8. The van der Waals surface area contributed by atoms with Gasteiger partial charge in [-0.3, -0.25) is 0 Å². The van der Waals surface area contributed by atoms with Crippen LogP contribution in [0.25, 0.3) is 11.4 Å². The van der Waals surface area contributed by atoms with Gasteiger partial charge in [-0.05, 0) is 35.0 Å². The molecule has 0 spiro atoms. The molecule has 0 radical (unpaired) electrons. The molecule has 0 aliphatic rings. The van der Waals surface area contributed by atoms with Crippen molar-refractivity contribution < 1.29 is 17.6 Å². The quantitative estimate of drug-likeness (QED) is 0.693. The molecule has 0 fully saturated rings. The highest BCUT2D eigenvalue weighted by Gasteiger charge is 2.26. The second-order valence-electron chi connectivity index (χ2n) is 4.18. The zero-order valence-corrected chi connectivity index (χ0v) is 10.2. The van der Waals surface area contributed by atoms with Crippen molar-refractivity contribution in [3.63, 3.8) is 0 Å². The number of aryl methyl sites for hydroxylation is 1. The number of halogens is 4. The van der Waals surface area contributed by atoms with E-state index in [0.29, 0.717) is 5.56 Å². The summed E-state index contributed by atoms with van der Waals surface area (Å²) >= 11 is 0. The highest BCUT2D eigenvalue weighted by Crippen LogP contribution is 2.23. The molecule has 0 aliphatic heterocycles. The zero-order valence-electron chi connectivity index (χ0n) is 10.2. The van der Waals surface area contributed by atoms with E-state index in [1.54, 1.807) is 0 Å². The Kier molecular flexibility index (Phi) is 3.86. The van der Waals surface area contributed by atoms with E-state index < -0.39 is 18.4 Å². The molecule has 9 heteroatoms. The fourth-order valence-corrected chi connectivity index (χ4v) is 1.66. The summed E-state index contributed by atoms with van der Waals surface area (Å²) in [6, 6.07) is 3.99. The summed E-state index contributed by atoms with van der Waals surface area (Å²) in [5.41, 5.74) is 5.68. The van der Waals surface area contributed by atoms with Gasteiger partial charge in [0, 0.05) is 18.5 Å². The summed E-state index contributed by atoms with van der Waals surface area (Å²) in [5, 5.41) is 10.7. The van der Waals surface area contributed by atoms with Gasteiger partial charge in [0.1, 0.15) is 5.82 Å². The van der Waals surface area contributed by atoms with Crippen molar-refractivity contribution in [2.75, 3.05) is 5.73 Å². The molecule has 2 N–H and O–H groups in total. The third-order valence-corrected chi connectivity index (χ3v) is 2.62. The minimum Gasteiger partial charge on any atom is -0.396 e. The molecule has 0 amide bonds. The smallest absolute Gasteiger partial charge is 0.389 e. The lowest BCUT2D eigenvalue weighted by molar-refractivity contribution is -0.136. The van der Waals surface area contributed by atoms with Gasteiger partial charge in [-0.2, -0.15) is 13.2 Å². The summed E-state index contributed by atoms with van der Waals surface area (Å²) in [4.78, 5) is 0. The first-order chi connectivity index (χ1) is 9.37. The monoisotopic (exact) mass is 289 g/mol. The lowest BCUT2D eigenvalue weighted by Crippen LogP contribution is -2.10. The largest absolute Gasteiger partial charge is 0.396 e. The maximum absolute atomic E-state index is 13.4. The number of nitrogen functional groups attached to an aromatic ring is 1. The molecule has 20 heavy (non-hydrogen) atoms. The Bertz CT molecular complexity index is 593. The van der Waals surface area contributed by atoms with E-state index in [1.807, 2.05) is 0 Å². The van der Waals surface area contributed by atoms with E-state index in [1.165, 1.54) is 16.8 Å². The SMILES string of the molecule is Nc1ccc(-c2nnnn2CCCC(F)(F)F)cc1F. The van der Waals surface area contributed by atoms with Crippen LogP contribution in [0, 0.1) is 5.82 Å². The number of tetrazole rings is 1. The average Bonchev–Trinajstić information content (AvgIpc) is 2.79. The van der Waals surface area contributed by atoms with Crippen molar-refractivity contribution in [2.45, 2.75) is 25.6 Å². The minimum absolute atomic E-state index is 0.00611. The van der Waals surface area contributed by atoms with Gasteiger partial charge in [-0.1, -0.05) is 0 Å². The highest BCUT2D eigenvalue weighted by atomic mass is 19.4. The van der Waals surface area contributed by atoms with E-state index in [4.69, 9.17) is 5.73 Å². The number of hydrogen-bond donors (Lipinski definition) is 1. The van der Waals surface area contributed by atoms with Crippen LogP contribution in [0.15, 0.2) is 18.2 Å². The molecule has 0 bridgehead atoms. The Morgan fingerprint density at radius 3 is 2.65 bits per heavy atom. The number of benzene rings is 1. The summed E-state index contributed by atoms with van der Waals surface area (Å²) in [6.45, 7) is -0.00611. The Labute approximate surface area is 111 Å². The molecule has 2 aromatic rings. The topological polar surface area (TPSA) is 69.6 Å². The number of aromatic nitrogens is 4. The maximum atomic E-state index is 13.4. The predicted molar refractivity (Wildman–Crippen MR) is 62.9 cm³/mol. The molecule has 1 aromatic carbocycles. The van der Waals surface area contributed by atoms with Gasteiger partial charge in [-0.25, -0.2) is 9.07 Å². The summed E-state index contributed by atoms with van der Waals surface area (Å²) in [6.07, 6.45) is -5.30. The molecular formula is C11H11F4N5. The number of nitrogens with zero attached hydrogens (tertiary/aromatic N) is 4. The Morgan fingerprint density at radius 1 is 1.25 bits per heavy atom. The van der Waals surface area contributed by atoms with E-state index in [2.05, 4.69) is 15.5 Å². The van der Waals surface area contributed by atoms with Gasteiger partial charge >= 0.3 is 6.18 Å².